The van der Waals surface area contributed by atoms with Gasteiger partial charge in [0.25, 0.3) is 0 Å². The zero-order valence-electron chi connectivity index (χ0n) is 12.4. The Morgan fingerprint density at radius 2 is 2.09 bits per heavy atom. The Hall–Kier alpha value is -1.99. The molecule has 0 atom stereocenters. The molecule has 0 amide bonds. The van der Waals surface area contributed by atoms with E-state index in [1.54, 1.807) is 17.4 Å². The molecule has 1 aliphatic heterocycles. The molecule has 1 fully saturated rings. The van der Waals surface area contributed by atoms with E-state index in [0.717, 1.165) is 43.5 Å². The monoisotopic (exact) mass is 318 g/mol. The molecule has 0 spiro atoms. The van der Waals surface area contributed by atoms with Crippen molar-refractivity contribution in [1.82, 2.24) is 14.9 Å². The molecule has 0 aromatic carbocycles. The average Bonchev–Trinajstić information content (AvgIpc) is 2.93. The summed E-state index contributed by atoms with van der Waals surface area (Å²) in [6.45, 7) is 6.54. The van der Waals surface area contributed by atoms with Gasteiger partial charge in [-0.1, -0.05) is 6.07 Å². The second-order valence-electron chi connectivity index (χ2n) is 5.29. The largest absolute Gasteiger partial charge is 0.477 e. The summed E-state index contributed by atoms with van der Waals surface area (Å²) in [6.07, 6.45) is 1.95. The summed E-state index contributed by atoms with van der Waals surface area (Å²) < 4.78 is 0. The predicted molar refractivity (Wildman–Crippen MR) is 85.5 cm³/mol. The van der Waals surface area contributed by atoms with Gasteiger partial charge in [0.15, 0.2) is 5.69 Å². The molecule has 2 aromatic rings. The van der Waals surface area contributed by atoms with E-state index in [1.165, 1.54) is 10.9 Å². The lowest BCUT2D eigenvalue weighted by atomic mass is 10.3. The summed E-state index contributed by atoms with van der Waals surface area (Å²) in [4.78, 5) is 25.3. The fourth-order valence-corrected chi connectivity index (χ4v) is 3.39. The van der Waals surface area contributed by atoms with Crippen LogP contribution in [0.15, 0.2) is 24.4 Å². The minimum absolute atomic E-state index is 0.0973. The van der Waals surface area contributed by atoms with Crippen molar-refractivity contribution in [3.63, 3.8) is 0 Å². The number of aryl methyl sites for hydroxylation is 1. The number of anilines is 1. The molecule has 1 saturated heterocycles. The summed E-state index contributed by atoms with van der Waals surface area (Å²) >= 11 is 1.74. The molecule has 22 heavy (non-hydrogen) atoms. The van der Waals surface area contributed by atoms with Crippen molar-refractivity contribution < 1.29 is 9.90 Å². The van der Waals surface area contributed by atoms with Crippen LogP contribution in [-0.4, -0.2) is 52.1 Å². The summed E-state index contributed by atoms with van der Waals surface area (Å²) in [6, 6.07) is 5.14. The maximum atomic E-state index is 11.0. The lowest BCUT2D eigenvalue weighted by Gasteiger charge is -2.35. The zero-order valence-corrected chi connectivity index (χ0v) is 13.2. The van der Waals surface area contributed by atoms with Gasteiger partial charge in [-0.2, -0.15) is 0 Å². The Kier molecular flexibility index (Phi) is 4.35. The van der Waals surface area contributed by atoms with Gasteiger partial charge < -0.3 is 10.0 Å². The molecular formula is C15H18N4O2S. The van der Waals surface area contributed by atoms with Crippen LogP contribution in [-0.2, 0) is 6.54 Å². The second kappa shape index (κ2) is 6.41. The number of carbonyl (C=O) groups is 1. The average molecular weight is 318 g/mol. The Bertz CT molecular complexity index is 665. The maximum absolute atomic E-state index is 11.0. The molecule has 3 rings (SSSR count). The van der Waals surface area contributed by atoms with Gasteiger partial charge in [0.05, 0.1) is 5.01 Å². The van der Waals surface area contributed by atoms with Gasteiger partial charge in [0.2, 0.25) is 0 Å². The summed E-state index contributed by atoms with van der Waals surface area (Å²) in [7, 11) is 0. The van der Waals surface area contributed by atoms with Crippen LogP contribution in [0.25, 0.3) is 0 Å². The van der Waals surface area contributed by atoms with Gasteiger partial charge >= 0.3 is 5.97 Å². The highest BCUT2D eigenvalue weighted by molar-refractivity contribution is 7.11. The van der Waals surface area contributed by atoms with Crippen LogP contribution >= 0.6 is 11.3 Å². The fraction of sp³-hybridized carbons (Fsp3) is 0.400. The lowest BCUT2D eigenvalue weighted by Crippen LogP contribution is -2.46. The minimum atomic E-state index is -0.985. The number of carboxylic acids is 1. The quantitative estimate of drug-likeness (QED) is 0.928. The van der Waals surface area contributed by atoms with Crippen LogP contribution < -0.4 is 4.90 Å². The number of hydrogen-bond donors (Lipinski definition) is 1. The number of thiazole rings is 1. The van der Waals surface area contributed by atoms with E-state index in [4.69, 9.17) is 5.11 Å². The Morgan fingerprint density at radius 3 is 2.73 bits per heavy atom. The van der Waals surface area contributed by atoms with Crippen molar-refractivity contribution in [2.45, 2.75) is 13.5 Å². The van der Waals surface area contributed by atoms with Gasteiger partial charge in [-0.3, -0.25) is 4.90 Å². The van der Waals surface area contributed by atoms with E-state index in [9.17, 15) is 4.79 Å². The van der Waals surface area contributed by atoms with Gasteiger partial charge in [0.1, 0.15) is 5.82 Å². The molecule has 0 radical (unpaired) electrons. The zero-order chi connectivity index (χ0) is 15.5. The molecule has 3 heterocycles. The summed E-state index contributed by atoms with van der Waals surface area (Å²) in [5.74, 6) is -0.241. The Balaban J connectivity index is 1.59. The molecular weight excluding hydrogens is 300 g/mol. The highest BCUT2D eigenvalue weighted by Crippen LogP contribution is 2.18. The van der Waals surface area contributed by atoms with Crippen LogP contribution in [0.1, 0.15) is 20.4 Å². The van der Waals surface area contributed by atoms with Crippen LogP contribution in [0.3, 0.4) is 0 Å². The predicted octanol–water partition coefficient (Wildman–Crippen LogP) is 1.87. The third-order valence-corrected chi connectivity index (χ3v) is 4.60. The lowest BCUT2D eigenvalue weighted by molar-refractivity contribution is 0.0690. The number of piperazine rings is 1. The number of carboxylic acid groups (broad SMARTS) is 1. The van der Waals surface area contributed by atoms with Gasteiger partial charge in [-0.15, -0.1) is 11.3 Å². The number of hydrogen-bond acceptors (Lipinski definition) is 6. The number of rotatable bonds is 4. The number of pyridine rings is 1. The van der Waals surface area contributed by atoms with Crippen LogP contribution in [0.4, 0.5) is 5.82 Å². The molecule has 0 bridgehead atoms. The highest BCUT2D eigenvalue weighted by atomic mass is 32.1. The molecule has 0 aliphatic carbocycles. The first-order valence-electron chi connectivity index (χ1n) is 7.21. The molecule has 0 unspecified atom stereocenters. The minimum Gasteiger partial charge on any atom is -0.477 e. The standard InChI is InChI=1S/C15H18N4O2S/c1-11-16-9-12(22-11)10-18-5-7-19(8-6-18)14-4-2-3-13(17-14)15(20)21/h2-4,9H,5-8,10H2,1H3,(H,20,21). The molecule has 7 heteroatoms. The first-order chi connectivity index (χ1) is 10.6. The molecule has 116 valence electrons. The fourth-order valence-electron chi connectivity index (χ4n) is 2.55. The SMILES string of the molecule is Cc1ncc(CN2CCN(c3cccc(C(=O)O)n3)CC2)s1. The Morgan fingerprint density at radius 1 is 1.32 bits per heavy atom. The molecule has 2 aromatic heterocycles. The summed E-state index contributed by atoms with van der Waals surface area (Å²) in [5.41, 5.74) is 0.0973. The van der Waals surface area contributed by atoms with Crippen molar-refractivity contribution in [2.75, 3.05) is 31.1 Å². The second-order valence-corrected chi connectivity index (χ2v) is 6.61. The number of aromatic nitrogens is 2. The number of nitrogens with zero attached hydrogens (tertiary/aromatic N) is 4. The van der Waals surface area contributed by atoms with Gasteiger partial charge in [-0.05, 0) is 19.1 Å². The molecule has 1 N–H and O–H groups in total. The van der Waals surface area contributed by atoms with Crippen LogP contribution in [0.2, 0.25) is 0 Å². The molecule has 6 nitrogen and oxygen atoms in total. The molecule has 1 aliphatic rings. The Labute approximate surface area is 133 Å². The van der Waals surface area contributed by atoms with Crippen molar-refractivity contribution in [3.05, 3.63) is 40.0 Å². The van der Waals surface area contributed by atoms with Crippen molar-refractivity contribution >= 4 is 23.1 Å². The van der Waals surface area contributed by atoms with E-state index in [1.807, 2.05) is 19.2 Å². The molecule has 0 saturated carbocycles. The van der Waals surface area contributed by atoms with Crippen LogP contribution in [0, 0.1) is 6.92 Å². The van der Waals surface area contributed by atoms with Crippen molar-refractivity contribution in [2.24, 2.45) is 0 Å². The topological polar surface area (TPSA) is 69.6 Å². The third kappa shape index (κ3) is 3.42. The third-order valence-electron chi connectivity index (χ3n) is 3.70. The van der Waals surface area contributed by atoms with E-state index in [-0.39, 0.29) is 5.69 Å². The number of aromatic carboxylic acids is 1. The van der Waals surface area contributed by atoms with Crippen molar-refractivity contribution in [3.8, 4) is 0 Å². The first kappa shape index (κ1) is 14.9. The first-order valence-corrected chi connectivity index (χ1v) is 8.02. The normalized spacial score (nSPS) is 16.0. The van der Waals surface area contributed by atoms with Gasteiger partial charge in [-0.25, -0.2) is 14.8 Å². The van der Waals surface area contributed by atoms with E-state index in [2.05, 4.69) is 19.8 Å². The highest BCUT2D eigenvalue weighted by Gasteiger charge is 2.19. The maximum Gasteiger partial charge on any atom is 0.354 e. The van der Waals surface area contributed by atoms with E-state index >= 15 is 0 Å². The van der Waals surface area contributed by atoms with Crippen LogP contribution in [0.5, 0.6) is 0 Å². The van der Waals surface area contributed by atoms with E-state index in [0.29, 0.717) is 0 Å². The van der Waals surface area contributed by atoms with Crippen molar-refractivity contribution in [1.29, 1.82) is 0 Å². The van der Waals surface area contributed by atoms with Gasteiger partial charge in [0, 0.05) is 43.8 Å². The van der Waals surface area contributed by atoms with E-state index < -0.39 is 5.97 Å². The summed E-state index contributed by atoms with van der Waals surface area (Å²) in [5, 5.41) is 10.1. The smallest absolute Gasteiger partial charge is 0.354 e.